The molecule has 0 radical (unpaired) electrons. The largest absolute Gasteiger partial charge is 0.483 e. The summed E-state index contributed by atoms with van der Waals surface area (Å²) in [6.45, 7) is 3.93. The molecule has 1 fully saturated rings. The number of Topliss-reactive ketones (excluding diaryl/α,β-unsaturated/α-hetero) is 1. The van der Waals surface area contributed by atoms with Gasteiger partial charge in [0.15, 0.2) is 17.4 Å². The van der Waals surface area contributed by atoms with Gasteiger partial charge in [-0.2, -0.15) is 0 Å². The van der Waals surface area contributed by atoms with E-state index in [0.29, 0.717) is 23.1 Å². The lowest BCUT2D eigenvalue weighted by Crippen LogP contribution is -2.41. The van der Waals surface area contributed by atoms with E-state index in [9.17, 15) is 9.59 Å². The van der Waals surface area contributed by atoms with Crippen molar-refractivity contribution in [3.8, 4) is 0 Å². The van der Waals surface area contributed by atoms with E-state index in [4.69, 9.17) is 9.26 Å². The van der Waals surface area contributed by atoms with Gasteiger partial charge in [0.1, 0.15) is 11.9 Å². The molecular formula is C21H21N3O4. The molecule has 7 heteroatoms. The summed E-state index contributed by atoms with van der Waals surface area (Å²) >= 11 is 0. The summed E-state index contributed by atoms with van der Waals surface area (Å²) in [4.78, 5) is 32.4. The molecule has 2 aromatic rings. The van der Waals surface area contributed by atoms with Gasteiger partial charge >= 0.3 is 0 Å². The van der Waals surface area contributed by atoms with Crippen LogP contribution in [0.15, 0.2) is 46.4 Å². The summed E-state index contributed by atoms with van der Waals surface area (Å²) in [5, 5.41) is 4.03. The van der Waals surface area contributed by atoms with E-state index in [0.717, 1.165) is 24.8 Å². The van der Waals surface area contributed by atoms with Crippen molar-refractivity contribution in [3.05, 3.63) is 53.2 Å². The van der Waals surface area contributed by atoms with Gasteiger partial charge in [0.05, 0.1) is 17.5 Å². The van der Waals surface area contributed by atoms with Crippen LogP contribution in [-0.4, -0.2) is 27.9 Å². The molecule has 7 nitrogen and oxygen atoms in total. The van der Waals surface area contributed by atoms with Crippen molar-refractivity contribution in [3.63, 3.8) is 0 Å². The summed E-state index contributed by atoms with van der Waals surface area (Å²) in [6.07, 6.45) is 5.69. The van der Waals surface area contributed by atoms with E-state index in [1.165, 1.54) is 4.90 Å². The molecule has 1 aliphatic carbocycles. The first-order chi connectivity index (χ1) is 13.5. The molecule has 144 valence electrons. The molecule has 3 aliphatic rings. The second-order valence-corrected chi connectivity index (χ2v) is 7.94. The second kappa shape index (κ2) is 6.29. The Morgan fingerprint density at radius 1 is 1.18 bits per heavy atom. The van der Waals surface area contributed by atoms with Crippen LogP contribution in [0.3, 0.4) is 0 Å². The number of aromatic nitrogens is 2. The van der Waals surface area contributed by atoms with Crippen LogP contribution in [0.4, 0.5) is 5.82 Å². The van der Waals surface area contributed by atoms with E-state index in [-0.39, 0.29) is 29.5 Å². The van der Waals surface area contributed by atoms with E-state index in [1.807, 2.05) is 12.1 Å². The van der Waals surface area contributed by atoms with Crippen molar-refractivity contribution >= 4 is 17.5 Å². The van der Waals surface area contributed by atoms with Crippen LogP contribution in [0.1, 0.15) is 43.6 Å². The third-order valence-corrected chi connectivity index (χ3v) is 5.99. The molecule has 5 rings (SSSR count). The number of pyridine rings is 1. The summed E-state index contributed by atoms with van der Waals surface area (Å²) in [5.41, 5.74) is 1.24. The zero-order valence-electron chi connectivity index (χ0n) is 15.8. The third-order valence-electron chi connectivity index (χ3n) is 5.99. The number of carbonyl (C=O) groups excluding carboxylic acids is 2. The van der Waals surface area contributed by atoms with Crippen molar-refractivity contribution in [1.29, 1.82) is 0 Å². The number of aryl methyl sites for hydroxylation is 1. The van der Waals surface area contributed by atoms with E-state index in [1.54, 1.807) is 25.4 Å². The molecule has 2 aromatic heterocycles. The zero-order chi connectivity index (χ0) is 19.4. The summed E-state index contributed by atoms with van der Waals surface area (Å²) in [6, 6.07) is 4.75. The van der Waals surface area contributed by atoms with E-state index >= 15 is 0 Å². The van der Waals surface area contributed by atoms with Gasteiger partial charge in [-0.15, -0.1) is 0 Å². The maximum absolute atomic E-state index is 13.5. The molecule has 2 aliphatic heterocycles. The Balaban J connectivity index is 1.64. The number of fused-ring (bicyclic) bond motifs is 1. The van der Waals surface area contributed by atoms with E-state index < -0.39 is 6.04 Å². The van der Waals surface area contributed by atoms with Crippen LogP contribution < -0.4 is 4.90 Å². The second-order valence-electron chi connectivity index (χ2n) is 7.94. The quantitative estimate of drug-likeness (QED) is 0.797. The first-order valence-electron chi connectivity index (χ1n) is 9.66. The molecule has 0 aromatic carbocycles. The highest BCUT2D eigenvalue weighted by atomic mass is 16.5. The fourth-order valence-corrected chi connectivity index (χ4v) is 4.64. The molecule has 28 heavy (non-hydrogen) atoms. The van der Waals surface area contributed by atoms with Crippen molar-refractivity contribution in [2.75, 3.05) is 4.90 Å². The highest BCUT2D eigenvalue weighted by Gasteiger charge is 2.53. The average molecular weight is 379 g/mol. The number of hydrogen-bond donors (Lipinski definition) is 0. The van der Waals surface area contributed by atoms with Crippen LogP contribution in [0.25, 0.3) is 0 Å². The van der Waals surface area contributed by atoms with Gasteiger partial charge in [-0.3, -0.25) is 19.5 Å². The highest BCUT2D eigenvalue weighted by Crippen LogP contribution is 2.48. The predicted molar refractivity (Wildman–Crippen MR) is 99.1 cm³/mol. The van der Waals surface area contributed by atoms with Crippen LogP contribution in [0.2, 0.25) is 0 Å². The van der Waals surface area contributed by atoms with Gasteiger partial charge in [0, 0.05) is 18.5 Å². The van der Waals surface area contributed by atoms with Crippen LogP contribution in [0, 0.1) is 18.8 Å². The lowest BCUT2D eigenvalue weighted by Gasteiger charge is -2.37. The molecular weight excluding hydrogens is 358 g/mol. The fourth-order valence-electron chi connectivity index (χ4n) is 4.64. The number of carbonyl (C=O) groups is 2. The molecule has 0 bridgehead atoms. The van der Waals surface area contributed by atoms with Gasteiger partial charge in [-0.25, -0.2) is 0 Å². The van der Waals surface area contributed by atoms with Gasteiger partial charge in [-0.05, 0) is 49.8 Å². The Hall–Kier alpha value is -2.96. The molecule has 0 saturated heterocycles. The smallest absolute Gasteiger partial charge is 0.295 e. The monoisotopic (exact) mass is 379 g/mol. The van der Waals surface area contributed by atoms with Crippen LogP contribution in [0.5, 0.6) is 0 Å². The lowest BCUT2D eigenvalue weighted by atomic mass is 9.74. The molecule has 0 N–H and O–H groups in total. The molecule has 4 unspecified atom stereocenters. The Bertz CT molecular complexity index is 981. The Kier molecular flexibility index (Phi) is 3.86. The topological polar surface area (TPSA) is 85.5 Å². The van der Waals surface area contributed by atoms with Crippen LogP contribution in [-0.2, 0) is 14.3 Å². The standard InChI is InChI=1S/C21H21N3O4/c1-11-3-4-15-14(9-11)19(25)17-18(13-5-7-22-8-6-13)24(21(26)20(17)27-15)16-10-12(2)28-23-16/h5-8,10-11,14-15,18H,3-4,9H2,1-2H3. The first-order valence-corrected chi connectivity index (χ1v) is 9.66. The number of amides is 1. The Labute approximate surface area is 162 Å². The number of rotatable bonds is 2. The Morgan fingerprint density at radius 3 is 2.68 bits per heavy atom. The van der Waals surface area contributed by atoms with Crippen molar-refractivity contribution in [2.24, 2.45) is 11.8 Å². The maximum Gasteiger partial charge on any atom is 0.295 e. The molecule has 1 amide bonds. The first kappa shape index (κ1) is 17.2. The maximum atomic E-state index is 13.5. The lowest BCUT2D eigenvalue weighted by molar-refractivity contribution is -0.132. The number of hydrogen-bond acceptors (Lipinski definition) is 6. The normalized spacial score (nSPS) is 29.6. The highest BCUT2D eigenvalue weighted by molar-refractivity contribution is 6.17. The van der Waals surface area contributed by atoms with Crippen molar-refractivity contribution in [2.45, 2.75) is 45.3 Å². The zero-order valence-corrected chi connectivity index (χ0v) is 15.8. The van der Waals surface area contributed by atoms with Crippen LogP contribution >= 0.6 is 0 Å². The third kappa shape index (κ3) is 2.49. The number of ether oxygens (including phenoxy) is 1. The van der Waals surface area contributed by atoms with Crippen molar-refractivity contribution in [1.82, 2.24) is 10.1 Å². The van der Waals surface area contributed by atoms with Gasteiger partial charge in [0.25, 0.3) is 5.91 Å². The summed E-state index contributed by atoms with van der Waals surface area (Å²) in [5.74, 6) is 1.11. The minimum atomic E-state index is -0.583. The summed E-state index contributed by atoms with van der Waals surface area (Å²) < 4.78 is 11.3. The van der Waals surface area contributed by atoms with E-state index in [2.05, 4.69) is 17.1 Å². The minimum Gasteiger partial charge on any atom is -0.483 e. The number of anilines is 1. The average Bonchev–Trinajstić information content (AvgIpc) is 3.24. The number of nitrogens with zero attached hydrogens (tertiary/aromatic N) is 3. The molecule has 1 saturated carbocycles. The Morgan fingerprint density at radius 2 is 1.96 bits per heavy atom. The van der Waals surface area contributed by atoms with Gasteiger partial charge in [0.2, 0.25) is 0 Å². The molecule has 4 atom stereocenters. The summed E-state index contributed by atoms with van der Waals surface area (Å²) in [7, 11) is 0. The molecule has 4 heterocycles. The molecule has 0 spiro atoms. The predicted octanol–water partition coefficient (Wildman–Crippen LogP) is 3.12. The number of ketones is 1. The van der Waals surface area contributed by atoms with Gasteiger partial charge < -0.3 is 9.26 Å². The minimum absolute atomic E-state index is 0.0238. The fraction of sp³-hybridized carbons (Fsp3) is 0.429. The van der Waals surface area contributed by atoms with Gasteiger partial charge in [-0.1, -0.05) is 12.1 Å². The van der Waals surface area contributed by atoms with Crippen molar-refractivity contribution < 1.29 is 18.8 Å². The SMILES string of the molecule is Cc1cc(N2C(=O)C3=C(C(=O)C4CC(C)CCC4O3)C2c2ccncc2)no1.